The minimum Gasteiger partial charge on any atom is -0.302 e. The van der Waals surface area contributed by atoms with Gasteiger partial charge in [0.15, 0.2) is 0 Å². The van der Waals surface area contributed by atoms with Gasteiger partial charge in [-0.25, -0.2) is 0 Å². The van der Waals surface area contributed by atoms with Crippen molar-refractivity contribution in [3.8, 4) is 0 Å². The third kappa shape index (κ3) is 4.60. The molecule has 1 aliphatic carbocycles. The summed E-state index contributed by atoms with van der Waals surface area (Å²) >= 11 is 0. The highest BCUT2D eigenvalue weighted by atomic mass is 15.2. The van der Waals surface area contributed by atoms with E-state index in [1.165, 1.54) is 129 Å². The van der Waals surface area contributed by atoms with Crippen molar-refractivity contribution in [2.45, 2.75) is 102 Å². The molecule has 5 atom stereocenters. The summed E-state index contributed by atoms with van der Waals surface area (Å²) in [5, 5.41) is 0. The first-order chi connectivity index (χ1) is 14.8. The highest BCUT2D eigenvalue weighted by Gasteiger charge is 2.55. The number of fused-ring (bicyclic) bond motifs is 1. The molecule has 2 nitrogen and oxygen atoms in total. The Hall–Kier alpha value is -0.600. The van der Waals surface area contributed by atoms with Crippen LogP contribution in [0.25, 0.3) is 0 Å². The molecule has 0 aromatic heterocycles. The van der Waals surface area contributed by atoms with E-state index in [-0.39, 0.29) is 0 Å². The van der Waals surface area contributed by atoms with Gasteiger partial charge in [0, 0.05) is 25.7 Å². The summed E-state index contributed by atoms with van der Waals surface area (Å²) in [4.78, 5) is 5.93. The van der Waals surface area contributed by atoms with Crippen LogP contribution in [0.2, 0.25) is 0 Å². The molecule has 1 spiro atoms. The topological polar surface area (TPSA) is 6.48 Å². The van der Waals surface area contributed by atoms with Crippen LogP contribution in [0.5, 0.6) is 0 Å². The molecule has 30 heavy (non-hydrogen) atoms. The first-order valence-corrected chi connectivity index (χ1v) is 13.6. The number of nitrogens with zero attached hydrogens (tertiary/aromatic N) is 2. The summed E-state index contributed by atoms with van der Waals surface area (Å²) in [6, 6.07) is 0.777. The first-order valence-electron chi connectivity index (χ1n) is 13.6. The van der Waals surface area contributed by atoms with Crippen LogP contribution >= 0.6 is 0 Å². The third-order valence-electron chi connectivity index (χ3n) is 9.40. The number of rotatable bonds is 0. The summed E-state index contributed by atoms with van der Waals surface area (Å²) in [5.41, 5.74) is 2.41. The zero-order valence-corrected chi connectivity index (χ0v) is 19.5. The van der Waals surface area contributed by atoms with Crippen LogP contribution in [0.15, 0.2) is 23.8 Å². The van der Waals surface area contributed by atoms with Gasteiger partial charge in [-0.15, -0.1) is 0 Å². The predicted molar refractivity (Wildman–Crippen MR) is 128 cm³/mol. The third-order valence-corrected chi connectivity index (χ3v) is 9.40. The largest absolute Gasteiger partial charge is 0.302 e. The van der Waals surface area contributed by atoms with E-state index in [2.05, 4.69) is 28.0 Å². The minimum atomic E-state index is 0.595. The molecular formula is C28H46N2. The Balaban J connectivity index is 1.42. The van der Waals surface area contributed by atoms with Crippen LogP contribution in [0.3, 0.4) is 0 Å². The van der Waals surface area contributed by atoms with Crippen LogP contribution in [0.4, 0.5) is 0 Å². The van der Waals surface area contributed by atoms with Gasteiger partial charge in [0.05, 0.1) is 0 Å². The van der Waals surface area contributed by atoms with Gasteiger partial charge in [-0.3, -0.25) is 4.90 Å². The van der Waals surface area contributed by atoms with Crippen LogP contribution in [0.1, 0.15) is 96.3 Å². The molecule has 5 aliphatic rings. The molecule has 0 aromatic rings. The van der Waals surface area contributed by atoms with Crippen molar-refractivity contribution in [1.29, 1.82) is 0 Å². The molecule has 5 rings (SSSR count). The highest BCUT2D eigenvalue weighted by Crippen LogP contribution is 2.55. The summed E-state index contributed by atoms with van der Waals surface area (Å²) in [6.45, 7) is 6.93. The molecule has 168 valence electrons. The molecule has 5 unspecified atom stereocenters. The molecule has 4 bridgehead atoms. The Bertz CT molecular complexity index is 622. The van der Waals surface area contributed by atoms with Gasteiger partial charge in [0.1, 0.15) is 0 Å². The number of allylic oxidation sites excluding steroid dienone is 3. The van der Waals surface area contributed by atoms with Gasteiger partial charge in [-0.2, -0.15) is 0 Å². The molecular weight excluding hydrogens is 364 g/mol. The van der Waals surface area contributed by atoms with Gasteiger partial charge in [-0.1, -0.05) is 68.7 Å². The van der Waals surface area contributed by atoms with Crippen molar-refractivity contribution in [1.82, 2.24) is 9.80 Å². The van der Waals surface area contributed by atoms with Crippen molar-refractivity contribution in [3.05, 3.63) is 23.8 Å². The van der Waals surface area contributed by atoms with E-state index in [4.69, 9.17) is 0 Å². The summed E-state index contributed by atoms with van der Waals surface area (Å²) < 4.78 is 0. The second-order valence-corrected chi connectivity index (χ2v) is 11.5. The van der Waals surface area contributed by atoms with E-state index in [0.29, 0.717) is 5.41 Å². The van der Waals surface area contributed by atoms with Crippen molar-refractivity contribution in [2.24, 2.45) is 17.3 Å². The SMILES string of the molecule is C1=CCCCCN2CC34CCCCCCCCCCN(CC5CC(=CC1)C2CC53)C4. The monoisotopic (exact) mass is 410 g/mol. The maximum atomic E-state index is 2.99. The lowest BCUT2D eigenvalue weighted by Gasteiger charge is -2.62. The van der Waals surface area contributed by atoms with Crippen molar-refractivity contribution < 1.29 is 0 Å². The molecule has 3 saturated heterocycles. The Labute approximate surface area is 186 Å². The minimum absolute atomic E-state index is 0.595. The van der Waals surface area contributed by atoms with Gasteiger partial charge in [0.25, 0.3) is 0 Å². The van der Waals surface area contributed by atoms with Crippen LogP contribution < -0.4 is 0 Å². The van der Waals surface area contributed by atoms with Gasteiger partial charge in [0.2, 0.25) is 0 Å². The predicted octanol–water partition coefficient (Wildman–Crippen LogP) is 6.58. The Kier molecular flexibility index (Phi) is 7.02. The average molecular weight is 411 g/mol. The number of piperidine rings is 2. The molecule has 4 fully saturated rings. The molecule has 1 saturated carbocycles. The molecule has 0 N–H and O–H groups in total. The van der Waals surface area contributed by atoms with E-state index >= 15 is 0 Å². The zero-order valence-electron chi connectivity index (χ0n) is 19.5. The van der Waals surface area contributed by atoms with Crippen LogP contribution in [0, 0.1) is 17.3 Å². The van der Waals surface area contributed by atoms with Gasteiger partial charge >= 0.3 is 0 Å². The summed E-state index contributed by atoms with van der Waals surface area (Å²) in [6.07, 6.45) is 28.9. The second kappa shape index (κ2) is 9.90. The number of hydrogen-bond acceptors (Lipinski definition) is 2. The van der Waals surface area contributed by atoms with Crippen molar-refractivity contribution in [3.63, 3.8) is 0 Å². The van der Waals surface area contributed by atoms with Gasteiger partial charge < -0.3 is 4.90 Å². The molecule has 0 amide bonds. The van der Waals surface area contributed by atoms with Crippen LogP contribution in [-0.4, -0.2) is 48.6 Å². The maximum Gasteiger partial charge on any atom is 0.0310 e. The lowest BCUT2D eigenvalue weighted by atomic mass is 9.54. The maximum absolute atomic E-state index is 2.99. The van der Waals surface area contributed by atoms with Crippen molar-refractivity contribution >= 4 is 0 Å². The van der Waals surface area contributed by atoms with Crippen molar-refractivity contribution in [2.75, 3.05) is 32.7 Å². The Morgan fingerprint density at radius 1 is 0.800 bits per heavy atom. The fourth-order valence-corrected chi connectivity index (χ4v) is 7.98. The van der Waals surface area contributed by atoms with E-state index in [0.717, 1.165) is 17.9 Å². The summed E-state index contributed by atoms with van der Waals surface area (Å²) in [7, 11) is 0. The lowest BCUT2D eigenvalue weighted by molar-refractivity contribution is -0.109. The zero-order chi connectivity index (χ0) is 20.2. The van der Waals surface area contributed by atoms with E-state index < -0.39 is 0 Å². The van der Waals surface area contributed by atoms with E-state index in [1.807, 2.05) is 5.57 Å². The smallest absolute Gasteiger partial charge is 0.0310 e. The fourth-order valence-electron chi connectivity index (χ4n) is 7.98. The average Bonchev–Trinajstić information content (AvgIpc) is 2.78. The van der Waals surface area contributed by atoms with Crippen LogP contribution in [-0.2, 0) is 0 Å². The molecule has 4 aliphatic heterocycles. The quantitative estimate of drug-likeness (QED) is 0.416. The standard InChI is InChI=1S/C28H46N2/c1-2-5-9-13-17-29-21-25-19-24-15-11-7-3-6-10-14-18-30-23-28(22-29,16-12-8-4-1)26(25)20-27(24)30/h3,7,15,25-27H,1-2,4-6,8-14,16-23H2. The molecule has 0 radical (unpaired) electrons. The normalized spacial score (nSPS) is 41.4. The molecule has 2 heteroatoms. The summed E-state index contributed by atoms with van der Waals surface area (Å²) in [5.74, 6) is 1.93. The second-order valence-electron chi connectivity index (χ2n) is 11.5. The van der Waals surface area contributed by atoms with Gasteiger partial charge in [-0.05, 0) is 81.7 Å². The molecule has 0 aromatic carbocycles. The Morgan fingerprint density at radius 3 is 2.50 bits per heavy atom. The molecule has 4 heterocycles. The fraction of sp³-hybridized carbons (Fsp3) is 0.857. The van der Waals surface area contributed by atoms with E-state index in [9.17, 15) is 0 Å². The Morgan fingerprint density at radius 2 is 1.60 bits per heavy atom. The first kappa shape index (κ1) is 21.3. The van der Waals surface area contributed by atoms with E-state index in [1.54, 1.807) is 0 Å². The number of hydrogen-bond donors (Lipinski definition) is 0. The highest BCUT2D eigenvalue weighted by molar-refractivity contribution is 5.23. The lowest BCUT2D eigenvalue weighted by Crippen LogP contribution is -2.66.